The number of nitrogens with two attached hydrogens (primary N) is 1. The van der Waals surface area contributed by atoms with Gasteiger partial charge in [0, 0.05) is 12.3 Å². The molecule has 6 rings (SSSR count). The van der Waals surface area contributed by atoms with Crippen molar-refractivity contribution in [3.05, 3.63) is 52.2 Å². The topological polar surface area (TPSA) is 174 Å². The number of carbonyl (C=O) groups is 2. The number of esters is 1. The quantitative estimate of drug-likeness (QED) is 0.320. The lowest BCUT2D eigenvalue weighted by Gasteiger charge is -2.40. The lowest BCUT2D eigenvalue weighted by molar-refractivity contribution is -0.169. The summed E-state index contributed by atoms with van der Waals surface area (Å²) in [6.07, 6.45) is -0.635. The fraction of sp³-hybridized carbons (Fsp3) is 0.360. The van der Waals surface area contributed by atoms with Crippen molar-refractivity contribution in [1.82, 2.24) is 19.3 Å². The molecule has 38 heavy (non-hydrogen) atoms. The molecule has 4 aromatic rings. The van der Waals surface area contributed by atoms with Gasteiger partial charge in [-0.25, -0.2) is 9.97 Å². The van der Waals surface area contributed by atoms with E-state index in [9.17, 15) is 19.5 Å². The van der Waals surface area contributed by atoms with Crippen molar-refractivity contribution in [2.75, 3.05) is 23.8 Å². The Bertz CT molecular complexity index is 1650. The van der Waals surface area contributed by atoms with Crippen LogP contribution in [0, 0.1) is 0 Å². The number of morpholine rings is 1. The zero-order valence-electron chi connectivity index (χ0n) is 20.3. The van der Waals surface area contributed by atoms with Crippen LogP contribution in [-0.4, -0.2) is 55.6 Å². The number of H-pyrrole nitrogens is 1. The molecular formula is C25H24N6O6S. The molecule has 12 nitrogen and oxygen atoms in total. The number of hydrogen-bond donors (Lipinski definition) is 3. The number of carbonyl (C=O) groups excluding carboxylic acids is 2. The number of ether oxygens (including phenoxy) is 2. The molecule has 0 bridgehead atoms. The highest BCUT2D eigenvalue weighted by Gasteiger charge is 2.44. The smallest absolute Gasteiger partial charge is 0.303 e. The largest absolute Gasteiger partial charge is 0.453 e. The number of rotatable bonds is 5. The predicted octanol–water partition coefficient (Wildman–Crippen LogP) is 1.92. The van der Waals surface area contributed by atoms with Crippen molar-refractivity contribution >= 4 is 56.0 Å². The summed E-state index contributed by atoms with van der Waals surface area (Å²) in [5.41, 5.74) is 5.51. The van der Waals surface area contributed by atoms with Gasteiger partial charge in [-0.3, -0.25) is 19.3 Å². The molecule has 0 radical (unpaired) electrons. The Balaban J connectivity index is 1.30. The van der Waals surface area contributed by atoms with E-state index in [1.807, 2.05) is 0 Å². The number of fused-ring (bicyclic) bond motifs is 3. The highest BCUT2D eigenvalue weighted by molar-refractivity contribution is 7.14. The fourth-order valence-electron chi connectivity index (χ4n) is 5.02. The van der Waals surface area contributed by atoms with Crippen LogP contribution in [0.25, 0.3) is 21.0 Å². The normalized spacial score (nSPS) is 19.9. The number of nitrogens with one attached hydrogen (secondary N) is 1. The Morgan fingerprint density at radius 3 is 2.84 bits per heavy atom. The van der Waals surface area contributed by atoms with Gasteiger partial charge in [0.2, 0.25) is 0 Å². The summed E-state index contributed by atoms with van der Waals surface area (Å²) >= 11 is 1.09. The van der Waals surface area contributed by atoms with E-state index in [0.717, 1.165) is 18.0 Å². The number of nitrogens with zero attached hydrogens (tertiary/aromatic N) is 4. The number of hydrogen-bond acceptors (Lipinski definition) is 11. The second-order valence-electron chi connectivity index (χ2n) is 9.40. The van der Waals surface area contributed by atoms with Crippen LogP contribution in [0.15, 0.2) is 35.1 Å². The second-order valence-corrected chi connectivity index (χ2v) is 10.2. The van der Waals surface area contributed by atoms with Crippen molar-refractivity contribution in [3.8, 4) is 0 Å². The number of aliphatic hydroxyl groups excluding tert-OH is 1. The Morgan fingerprint density at radius 1 is 1.29 bits per heavy atom. The van der Waals surface area contributed by atoms with E-state index in [-0.39, 0.29) is 24.9 Å². The third-order valence-corrected chi connectivity index (χ3v) is 7.92. The van der Waals surface area contributed by atoms with Crippen molar-refractivity contribution in [2.45, 2.75) is 44.0 Å². The van der Waals surface area contributed by atoms with Gasteiger partial charge in [-0.1, -0.05) is 6.07 Å². The second kappa shape index (κ2) is 9.11. The molecule has 4 N–H and O–H groups in total. The van der Waals surface area contributed by atoms with Crippen molar-refractivity contribution < 1.29 is 24.2 Å². The van der Waals surface area contributed by atoms with Gasteiger partial charge < -0.3 is 25.3 Å². The molecular weight excluding hydrogens is 512 g/mol. The molecule has 2 atom stereocenters. The van der Waals surface area contributed by atoms with Crippen LogP contribution in [0.5, 0.6) is 0 Å². The third-order valence-electron chi connectivity index (χ3n) is 7.02. The number of benzene rings is 1. The fourth-order valence-corrected chi connectivity index (χ4v) is 5.86. The van der Waals surface area contributed by atoms with Gasteiger partial charge >= 0.3 is 5.97 Å². The number of nitrogen functional groups attached to an aromatic ring is 1. The Morgan fingerprint density at radius 2 is 2.11 bits per heavy atom. The van der Waals surface area contributed by atoms with Gasteiger partial charge in [-0.2, -0.15) is 4.37 Å². The number of anilines is 2. The van der Waals surface area contributed by atoms with Gasteiger partial charge in [-0.15, -0.1) is 0 Å². The van der Waals surface area contributed by atoms with Crippen LogP contribution in [0.2, 0.25) is 0 Å². The van der Waals surface area contributed by atoms with Crippen LogP contribution in [0.1, 0.15) is 43.8 Å². The Kier molecular flexibility index (Phi) is 5.85. The molecule has 0 spiro atoms. The maximum Gasteiger partial charge on any atom is 0.303 e. The molecule has 4 heterocycles. The molecule has 2 fully saturated rings. The molecule has 1 saturated heterocycles. The molecule has 1 saturated carbocycles. The number of aromatic nitrogens is 4. The molecule has 2 aliphatic rings. The molecule has 1 aliphatic heterocycles. The zero-order valence-corrected chi connectivity index (χ0v) is 21.2. The van der Waals surface area contributed by atoms with Crippen LogP contribution in [0.3, 0.4) is 0 Å². The van der Waals surface area contributed by atoms with E-state index in [2.05, 4.69) is 19.3 Å². The van der Waals surface area contributed by atoms with E-state index in [1.54, 1.807) is 30.3 Å². The van der Waals surface area contributed by atoms with E-state index in [0.29, 0.717) is 51.2 Å². The van der Waals surface area contributed by atoms with Crippen LogP contribution < -0.4 is 16.2 Å². The maximum atomic E-state index is 13.5. The molecule has 1 aromatic carbocycles. The molecule has 13 heteroatoms. The van der Waals surface area contributed by atoms with E-state index < -0.39 is 29.3 Å². The minimum absolute atomic E-state index is 0.0930. The average molecular weight is 537 g/mol. The Hall–Kier alpha value is -3.94. The highest BCUT2D eigenvalue weighted by atomic mass is 32.1. The van der Waals surface area contributed by atoms with Gasteiger partial charge in [0.25, 0.3) is 11.5 Å². The summed E-state index contributed by atoms with van der Waals surface area (Å²) in [4.78, 5) is 51.2. The molecule has 3 aromatic heterocycles. The lowest BCUT2D eigenvalue weighted by Crippen LogP contribution is -2.51. The summed E-state index contributed by atoms with van der Waals surface area (Å²) in [5.74, 6) is -0.331. The molecule has 1 amide bonds. The first-order chi connectivity index (χ1) is 18.3. The SMILES string of the molecule is CC(=O)OC1(c2cccc(N3CCO[C@H]([C@@H](O)c4nc5ccc6c(N)nsc6c5c(=O)[nH]4)C3=O)n2)CCC1. The number of amides is 1. The first kappa shape index (κ1) is 24.4. The summed E-state index contributed by atoms with van der Waals surface area (Å²) in [5, 5.41) is 12.1. The van der Waals surface area contributed by atoms with E-state index in [1.165, 1.54) is 11.8 Å². The number of aliphatic hydroxyl groups is 1. The Labute approximate surface area is 219 Å². The summed E-state index contributed by atoms with van der Waals surface area (Å²) < 4.78 is 15.9. The van der Waals surface area contributed by atoms with Crippen molar-refractivity contribution in [1.29, 1.82) is 0 Å². The zero-order chi connectivity index (χ0) is 26.6. The first-order valence-corrected chi connectivity index (χ1v) is 12.9. The van der Waals surface area contributed by atoms with Crippen LogP contribution >= 0.6 is 11.5 Å². The number of pyridine rings is 1. The average Bonchev–Trinajstić information content (AvgIpc) is 3.26. The number of aromatic amines is 1. The van der Waals surface area contributed by atoms with Crippen molar-refractivity contribution in [3.63, 3.8) is 0 Å². The van der Waals surface area contributed by atoms with Gasteiger partial charge in [0.05, 0.1) is 34.4 Å². The molecule has 1 aliphatic carbocycles. The highest BCUT2D eigenvalue weighted by Crippen LogP contribution is 2.44. The van der Waals surface area contributed by atoms with Crippen LogP contribution in [0.4, 0.5) is 11.6 Å². The standard InChI is InChI=1S/C25H24N6O6S/c1-12(32)37-25(8-3-9-25)15-4-2-5-16(28-15)31-10-11-36-19(24(31)35)18(33)22-27-14-7-6-13-20(38-30-21(13)26)17(14)23(34)29-22/h2,4-7,18-19,33H,3,8-11H2,1H3,(H2,26,30)(H,27,29,34)/t18-,19-/m1/s1. The van der Waals surface area contributed by atoms with Crippen molar-refractivity contribution in [2.24, 2.45) is 0 Å². The van der Waals surface area contributed by atoms with E-state index >= 15 is 0 Å². The van der Waals surface area contributed by atoms with Gasteiger partial charge in [0.1, 0.15) is 23.6 Å². The maximum absolute atomic E-state index is 13.5. The molecule has 196 valence electrons. The van der Waals surface area contributed by atoms with Gasteiger partial charge in [-0.05, 0) is 55.1 Å². The lowest BCUT2D eigenvalue weighted by atomic mass is 9.77. The van der Waals surface area contributed by atoms with E-state index in [4.69, 9.17) is 15.2 Å². The monoisotopic (exact) mass is 536 g/mol. The molecule has 0 unspecified atom stereocenters. The minimum Gasteiger partial charge on any atom is -0.453 e. The predicted molar refractivity (Wildman–Crippen MR) is 139 cm³/mol. The van der Waals surface area contributed by atoms with Gasteiger partial charge in [0.15, 0.2) is 11.7 Å². The van der Waals surface area contributed by atoms with Crippen LogP contribution in [-0.2, 0) is 24.7 Å². The third kappa shape index (κ3) is 3.90. The summed E-state index contributed by atoms with van der Waals surface area (Å²) in [6, 6.07) is 8.55. The first-order valence-electron chi connectivity index (χ1n) is 12.1. The summed E-state index contributed by atoms with van der Waals surface area (Å²) in [7, 11) is 0. The minimum atomic E-state index is -1.54. The summed E-state index contributed by atoms with van der Waals surface area (Å²) in [6.45, 7) is 1.71.